The highest BCUT2D eigenvalue weighted by atomic mass is 16.2. The number of aromatic amines is 1. The number of H-pyrrole nitrogens is 1. The molecule has 0 spiro atoms. The van der Waals surface area contributed by atoms with E-state index in [0.29, 0.717) is 24.9 Å². The number of hydrogen-bond acceptors (Lipinski definition) is 6. The van der Waals surface area contributed by atoms with Gasteiger partial charge in [-0.25, -0.2) is 14.8 Å². The third kappa shape index (κ3) is 2.69. The lowest BCUT2D eigenvalue weighted by atomic mass is 10.0. The summed E-state index contributed by atoms with van der Waals surface area (Å²) in [4.78, 5) is 51.2. The lowest BCUT2D eigenvalue weighted by Crippen LogP contribution is -2.41. The predicted molar refractivity (Wildman–Crippen MR) is 94.2 cm³/mol. The number of anilines is 1. The maximum Gasteiger partial charge on any atom is 0.328 e. The van der Waals surface area contributed by atoms with Crippen molar-refractivity contribution in [2.24, 2.45) is 18.9 Å². The SMILES string of the molecule is Cc1cc(N2CC3CN(C(=O)c4c[nH]c(=O)n(C)c4=O)CC3C2)ncn1. The van der Waals surface area contributed by atoms with Gasteiger partial charge in [0.15, 0.2) is 0 Å². The number of aromatic nitrogens is 4. The van der Waals surface area contributed by atoms with Gasteiger partial charge in [-0.05, 0) is 6.92 Å². The molecule has 0 radical (unpaired) electrons. The number of nitrogens with one attached hydrogen (secondary N) is 1. The van der Waals surface area contributed by atoms with Gasteiger partial charge < -0.3 is 14.8 Å². The first-order valence-electron chi connectivity index (χ1n) is 8.55. The lowest BCUT2D eigenvalue weighted by Gasteiger charge is -2.22. The van der Waals surface area contributed by atoms with Gasteiger partial charge in [0.2, 0.25) is 0 Å². The molecule has 2 aliphatic rings. The van der Waals surface area contributed by atoms with Gasteiger partial charge in [0.05, 0.1) is 0 Å². The Hall–Kier alpha value is -2.97. The van der Waals surface area contributed by atoms with Gasteiger partial charge in [0, 0.05) is 63.0 Å². The molecule has 2 unspecified atom stereocenters. The Balaban J connectivity index is 1.48. The Morgan fingerprint density at radius 3 is 2.50 bits per heavy atom. The zero-order valence-electron chi connectivity index (χ0n) is 14.7. The summed E-state index contributed by atoms with van der Waals surface area (Å²) in [6.45, 7) is 4.80. The second-order valence-electron chi connectivity index (χ2n) is 7.02. The highest BCUT2D eigenvalue weighted by Crippen LogP contribution is 2.33. The Morgan fingerprint density at radius 1 is 1.15 bits per heavy atom. The summed E-state index contributed by atoms with van der Waals surface area (Å²) >= 11 is 0. The zero-order chi connectivity index (χ0) is 18.4. The summed E-state index contributed by atoms with van der Waals surface area (Å²) in [5.74, 6) is 1.29. The molecule has 9 nitrogen and oxygen atoms in total. The summed E-state index contributed by atoms with van der Waals surface area (Å²) < 4.78 is 0.920. The molecule has 9 heteroatoms. The van der Waals surface area contributed by atoms with Crippen LogP contribution in [0.4, 0.5) is 5.82 Å². The number of fused-ring (bicyclic) bond motifs is 1. The van der Waals surface area contributed by atoms with Crippen molar-refractivity contribution >= 4 is 11.7 Å². The van der Waals surface area contributed by atoms with Crippen molar-refractivity contribution in [2.75, 3.05) is 31.1 Å². The zero-order valence-corrected chi connectivity index (χ0v) is 14.7. The number of nitrogens with zero attached hydrogens (tertiary/aromatic N) is 5. The molecule has 1 N–H and O–H groups in total. The van der Waals surface area contributed by atoms with E-state index in [1.165, 1.54) is 13.2 Å². The molecule has 2 fully saturated rings. The molecule has 1 amide bonds. The number of carbonyl (C=O) groups excluding carboxylic acids is 1. The van der Waals surface area contributed by atoms with E-state index in [2.05, 4.69) is 19.9 Å². The number of likely N-dealkylation sites (tertiary alicyclic amines) is 1. The van der Waals surface area contributed by atoms with E-state index in [4.69, 9.17) is 0 Å². The predicted octanol–water partition coefficient (Wildman–Crippen LogP) is -0.620. The minimum Gasteiger partial charge on any atom is -0.356 e. The van der Waals surface area contributed by atoms with Gasteiger partial charge in [0.1, 0.15) is 17.7 Å². The van der Waals surface area contributed by atoms with E-state index in [0.717, 1.165) is 29.2 Å². The van der Waals surface area contributed by atoms with E-state index in [-0.39, 0.29) is 11.5 Å². The number of carbonyl (C=O) groups is 1. The fourth-order valence-corrected chi connectivity index (χ4v) is 3.85. The third-order valence-corrected chi connectivity index (χ3v) is 5.30. The summed E-state index contributed by atoms with van der Waals surface area (Å²) in [5, 5.41) is 0. The van der Waals surface area contributed by atoms with Crippen molar-refractivity contribution in [3.05, 3.63) is 50.7 Å². The van der Waals surface area contributed by atoms with Gasteiger partial charge in [-0.1, -0.05) is 0 Å². The van der Waals surface area contributed by atoms with Gasteiger partial charge in [-0.3, -0.25) is 14.2 Å². The average Bonchev–Trinajstić information content (AvgIpc) is 3.18. The average molecular weight is 356 g/mol. The third-order valence-electron chi connectivity index (χ3n) is 5.30. The van der Waals surface area contributed by atoms with E-state index < -0.39 is 11.2 Å². The molecule has 26 heavy (non-hydrogen) atoms. The Bertz CT molecular complexity index is 967. The molecular weight excluding hydrogens is 336 g/mol. The Labute approximate surface area is 149 Å². The van der Waals surface area contributed by atoms with Crippen LogP contribution in [0.25, 0.3) is 0 Å². The molecule has 2 saturated heterocycles. The van der Waals surface area contributed by atoms with Crippen molar-refractivity contribution in [1.82, 2.24) is 24.4 Å². The van der Waals surface area contributed by atoms with Crippen LogP contribution in [0, 0.1) is 18.8 Å². The molecule has 2 aromatic rings. The Kier molecular flexibility index (Phi) is 3.86. The van der Waals surface area contributed by atoms with E-state index in [1.54, 1.807) is 11.2 Å². The van der Waals surface area contributed by atoms with Crippen LogP contribution in [0.1, 0.15) is 16.1 Å². The fraction of sp³-hybridized carbons (Fsp3) is 0.471. The second kappa shape index (κ2) is 6.08. The summed E-state index contributed by atoms with van der Waals surface area (Å²) in [6, 6.07) is 1.97. The highest BCUT2D eigenvalue weighted by molar-refractivity contribution is 5.93. The largest absolute Gasteiger partial charge is 0.356 e. The molecule has 0 aromatic carbocycles. The van der Waals surface area contributed by atoms with E-state index in [9.17, 15) is 14.4 Å². The molecule has 4 heterocycles. The van der Waals surface area contributed by atoms with Crippen LogP contribution in [0.15, 0.2) is 28.2 Å². The summed E-state index contributed by atoms with van der Waals surface area (Å²) in [7, 11) is 1.36. The minimum absolute atomic E-state index is 0.00959. The number of hydrogen-bond donors (Lipinski definition) is 1. The Morgan fingerprint density at radius 2 is 1.85 bits per heavy atom. The van der Waals surface area contributed by atoms with Crippen LogP contribution >= 0.6 is 0 Å². The standard InChI is InChI=1S/C17H20N6O3/c1-10-3-14(20-9-19-10)22-5-11-7-23(8-12(11)6-22)16(25)13-4-18-17(26)21(2)15(13)24/h3-4,9,11-12H,5-8H2,1-2H3,(H,18,26). The number of aryl methyl sites for hydroxylation is 1. The van der Waals surface area contributed by atoms with Gasteiger partial charge in [-0.2, -0.15) is 0 Å². The van der Waals surface area contributed by atoms with Crippen LogP contribution in [-0.4, -0.2) is 56.5 Å². The molecule has 0 saturated carbocycles. The smallest absolute Gasteiger partial charge is 0.328 e. The van der Waals surface area contributed by atoms with Crippen molar-refractivity contribution in [3.8, 4) is 0 Å². The van der Waals surface area contributed by atoms with E-state index in [1.807, 2.05) is 13.0 Å². The molecular formula is C17H20N6O3. The fourth-order valence-electron chi connectivity index (χ4n) is 3.85. The highest BCUT2D eigenvalue weighted by Gasteiger charge is 2.42. The quantitative estimate of drug-likeness (QED) is 0.769. The maximum atomic E-state index is 12.7. The van der Waals surface area contributed by atoms with Crippen LogP contribution < -0.4 is 16.1 Å². The molecule has 136 valence electrons. The van der Waals surface area contributed by atoms with Crippen molar-refractivity contribution in [3.63, 3.8) is 0 Å². The van der Waals surface area contributed by atoms with Crippen LogP contribution in [-0.2, 0) is 7.05 Å². The summed E-state index contributed by atoms with van der Waals surface area (Å²) in [6.07, 6.45) is 2.79. The van der Waals surface area contributed by atoms with Crippen molar-refractivity contribution in [1.29, 1.82) is 0 Å². The molecule has 2 aliphatic heterocycles. The monoisotopic (exact) mass is 356 g/mol. The first-order valence-corrected chi connectivity index (χ1v) is 8.55. The second-order valence-corrected chi connectivity index (χ2v) is 7.02. The number of rotatable bonds is 2. The van der Waals surface area contributed by atoms with Crippen LogP contribution in [0.5, 0.6) is 0 Å². The molecule has 4 rings (SSSR count). The van der Waals surface area contributed by atoms with Crippen LogP contribution in [0.3, 0.4) is 0 Å². The van der Waals surface area contributed by atoms with Gasteiger partial charge >= 0.3 is 5.69 Å². The first kappa shape index (κ1) is 16.5. The van der Waals surface area contributed by atoms with E-state index >= 15 is 0 Å². The van der Waals surface area contributed by atoms with Gasteiger partial charge in [0.25, 0.3) is 11.5 Å². The minimum atomic E-state index is -0.561. The lowest BCUT2D eigenvalue weighted by molar-refractivity contribution is 0.0779. The first-order chi connectivity index (χ1) is 12.4. The topological polar surface area (TPSA) is 104 Å². The van der Waals surface area contributed by atoms with Crippen molar-refractivity contribution in [2.45, 2.75) is 6.92 Å². The molecule has 2 atom stereocenters. The normalized spacial score (nSPS) is 21.9. The number of amides is 1. The maximum absolute atomic E-state index is 12.7. The molecule has 2 aromatic heterocycles. The van der Waals surface area contributed by atoms with Gasteiger partial charge in [-0.15, -0.1) is 0 Å². The summed E-state index contributed by atoms with van der Waals surface area (Å²) in [5.41, 5.74) is -0.150. The molecule has 0 bridgehead atoms. The van der Waals surface area contributed by atoms with Crippen LogP contribution in [0.2, 0.25) is 0 Å². The van der Waals surface area contributed by atoms with Crippen molar-refractivity contribution < 1.29 is 4.79 Å². The molecule has 0 aliphatic carbocycles.